The third-order valence-corrected chi connectivity index (χ3v) is 3.40. The maximum absolute atomic E-state index is 5.96. The number of rotatable bonds is 3. The molecule has 88 valence electrons. The van der Waals surface area contributed by atoms with Crippen LogP contribution in [0, 0.1) is 0 Å². The minimum atomic E-state index is 0.390. The molecule has 1 fully saturated rings. The normalized spacial score (nSPS) is 20.1. The second-order valence-electron chi connectivity index (χ2n) is 3.66. The highest BCUT2D eigenvalue weighted by molar-refractivity contribution is 7.98. The summed E-state index contributed by atoms with van der Waals surface area (Å²) in [5.41, 5.74) is 0. The Bertz CT molecular complexity index is 371. The van der Waals surface area contributed by atoms with Gasteiger partial charge in [-0.1, -0.05) is 23.4 Å². The number of anilines is 1. The zero-order chi connectivity index (χ0) is 11.5. The van der Waals surface area contributed by atoms with Crippen LogP contribution in [0.1, 0.15) is 6.42 Å². The molecular weight excluding hydrogens is 246 g/mol. The molecular formula is C10H14ClN3OS. The van der Waals surface area contributed by atoms with Crippen molar-refractivity contribution < 1.29 is 4.74 Å². The molecule has 2 rings (SSSR count). The van der Waals surface area contributed by atoms with Gasteiger partial charge in [0.25, 0.3) is 0 Å². The third-order valence-electron chi connectivity index (χ3n) is 2.66. The van der Waals surface area contributed by atoms with Gasteiger partial charge in [-0.2, -0.15) is 0 Å². The predicted octanol–water partition coefficient (Wildman–Crippen LogP) is 2.08. The Morgan fingerprint density at radius 2 is 2.38 bits per heavy atom. The first-order valence-electron chi connectivity index (χ1n) is 5.10. The summed E-state index contributed by atoms with van der Waals surface area (Å²) in [5.74, 6) is 0.861. The molecule has 1 unspecified atom stereocenters. The Morgan fingerprint density at radius 3 is 3.00 bits per heavy atom. The number of nitrogens with zero attached hydrogens (tertiary/aromatic N) is 3. The summed E-state index contributed by atoms with van der Waals surface area (Å²) in [5, 5.41) is 1.19. The Labute approximate surface area is 104 Å². The summed E-state index contributed by atoms with van der Waals surface area (Å²) >= 11 is 7.45. The monoisotopic (exact) mass is 259 g/mol. The van der Waals surface area contributed by atoms with Gasteiger partial charge in [-0.05, 0) is 12.7 Å². The Hall–Kier alpha value is -0.520. The van der Waals surface area contributed by atoms with Gasteiger partial charge in [-0.3, -0.25) is 0 Å². The van der Waals surface area contributed by atoms with E-state index in [1.165, 1.54) is 11.8 Å². The second-order valence-corrected chi connectivity index (χ2v) is 4.82. The zero-order valence-corrected chi connectivity index (χ0v) is 10.9. The van der Waals surface area contributed by atoms with Crippen LogP contribution in [0.15, 0.2) is 11.2 Å². The highest BCUT2D eigenvalue weighted by Crippen LogP contribution is 2.23. The topological polar surface area (TPSA) is 38.2 Å². The molecule has 1 aromatic rings. The van der Waals surface area contributed by atoms with Gasteiger partial charge < -0.3 is 9.64 Å². The van der Waals surface area contributed by atoms with Crippen molar-refractivity contribution >= 4 is 29.2 Å². The lowest BCUT2D eigenvalue weighted by molar-refractivity contribution is 0.193. The first-order chi connectivity index (χ1) is 7.70. The summed E-state index contributed by atoms with van der Waals surface area (Å²) in [6.07, 6.45) is 2.97. The first kappa shape index (κ1) is 12.0. The number of aromatic nitrogens is 2. The molecule has 0 aliphatic carbocycles. The lowest BCUT2D eigenvalue weighted by Gasteiger charge is -2.24. The summed E-state index contributed by atoms with van der Waals surface area (Å²) in [7, 11) is 2.02. The number of hydrogen-bond acceptors (Lipinski definition) is 5. The third kappa shape index (κ3) is 2.59. The molecule has 1 aromatic heterocycles. The van der Waals surface area contributed by atoms with E-state index in [4.69, 9.17) is 16.3 Å². The first-order valence-corrected chi connectivity index (χ1v) is 6.70. The zero-order valence-electron chi connectivity index (χ0n) is 9.31. The van der Waals surface area contributed by atoms with Crippen LogP contribution in [0.25, 0.3) is 0 Å². The van der Waals surface area contributed by atoms with Crippen LogP contribution in [-0.4, -0.2) is 42.5 Å². The molecule has 0 bridgehead atoms. The SMILES string of the molecule is CSc1nc(Cl)cc(N(C)C2CCOC2)n1. The van der Waals surface area contributed by atoms with Gasteiger partial charge >= 0.3 is 0 Å². The molecule has 0 spiro atoms. The summed E-state index contributed by atoms with van der Waals surface area (Å²) in [6.45, 7) is 1.58. The van der Waals surface area contributed by atoms with Crippen molar-refractivity contribution in [3.63, 3.8) is 0 Å². The van der Waals surface area contributed by atoms with Crippen LogP contribution in [0.5, 0.6) is 0 Å². The van der Waals surface area contributed by atoms with Gasteiger partial charge in [0.1, 0.15) is 11.0 Å². The maximum Gasteiger partial charge on any atom is 0.190 e. The largest absolute Gasteiger partial charge is 0.379 e. The number of ether oxygens (including phenoxy) is 1. The van der Waals surface area contributed by atoms with E-state index in [-0.39, 0.29) is 0 Å². The Balaban J connectivity index is 2.21. The molecule has 4 nitrogen and oxygen atoms in total. The van der Waals surface area contributed by atoms with Crippen LogP contribution < -0.4 is 4.90 Å². The lowest BCUT2D eigenvalue weighted by atomic mass is 10.2. The average molecular weight is 260 g/mol. The molecule has 16 heavy (non-hydrogen) atoms. The van der Waals surface area contributed by atoms with Crippen molar-refractivity contribution in [1.82, 2.24) is 9.97 Å². The predicted molar refractivity (Wildman–Crippen MR) is 66.5 cm³/mol. The van der Waals surface area contributed by atoms with E-state index in [9.17, 15) is 0 Å². The molecule has 0 aromatic carbocycles. The van der Waals surface area contributed by atoms with Crippen LogP contribution in [0.3, 0.4) is 0 Å². The van der Waals surface area contributed by atoms with Crippen molar-refractivity contribution in [3.05, 3.63) is 11.2 Å². The molecule has 6 heteroatoms. The van der Waals surface area contributed by atoms with Crippen molar-refractivity contribution in [2.45, 2.75) is 17.6 Å². The number of hydrogen-bond donors (Lipinski definition) is 0. The highest BCUT2D eigenvalue weighted by atomic mass is 35.5. The minimum absolute atomic E-state index is 0.390. The van der Waals surface area contributed by atoms with Gasteiger partial charge in [0.05, 0.1) is 12.6 Å². The Morgan fingerprint density at radius 1 is 1.56 bits per heavy atom. The quantitative estimate of drug-likeness (QED) is 0.472. The lowest BCUT2D eigenvalue weighted by Crippen LogP contribution is -2.32. The van der Waals surface area contributed by atoms with Crippen molar-refractivity contribution in [3.8, 4) is 0 Å². The molecule has 1 aliphatic rings. The smallest absolute Gasteiger partial charge is 0.190 e. The van der Waals surface area contributed by atoms with E-state index >= 15 is 0 Å². The Kier molecular flexibility index (Phi) is 3.89. The molecule has 0 amide bonds. The van der Waals surface area contributed by atoms with Gasteiger partial charge in [0, 0.05) is 19.7 Å². The fourth-order valence-corrected chi connectivity index (χ4v) is 2.27. The molecule has 2 heterocycles. The van der Waals surface area contributed by atoms with Crippen LogP contribution in [0.4, 0.5) is 5.82 Å². The van der Waals surface area contributed by atoms with Gasteiger partial charge in [0.2, 0.25) is 0 Å². The van der Waals surface area contributed by atoms with Crippen LogP contribution >= 0.6 is 23.4 Å². The van der Waals surface area contributed by atoms with E-state index in [2.05, 4.69) is 14.9 Å². The van der Waals surface area contributed by atoms with Crippen molar-refractivity contribution in [2.24, 2.45) is 0 Å². The van der Waals surface area contributed by atoms with Crippen LogP contribution in [-0.2, 0) is 4.74 Å². The van der Waals surface area contributed by atoms with Crippen molar-refractivity contribution in [1.29, 1.82) is 0 Å². The van der Waals surface area contributed by atoms with Gasteiger partial charge in [0.15, 0.2) is 5.16 Å². The molecule has 0 saturated carbocycles. The molecule has 0 N–H and O–H groups in total. The number of likely N-dealkylation sites (N-methyl/N-ethyl adjacent to an activating group) is 1. The number of thioether (sulfide) groups is 1. The molecule has 1 aliphatic heterocycles. The van der Waals surface area contributed by atoms with Gasteiger partial charge in [-0.25, -0.2) is 9.97 Å². The molecule has 1 atom stereocenters. The fraction of sp³-hybridized carbons (Fsp3) is 0.600. The molecule has 1 saturated heterocycles. The van der Waals surface area contributed by atoms with E-state index in [0.29, 0.717) is 16.4 Å². The fourth-order valence-electron chi connectivity index (χ4n) is 1.67. The molecule has 0 radical (unpaired) electrons. The number of halogens is 1. The van der Waals surface area contributed by atoms with E-state index in [0.717, 1.165) is 25.5 Å². The maximum atomic E-state index is 5.96. The summed E-state index contributed by atoms with van der Waals surface area (Å²) < 4.78 is 5.36. The standard InChI is InChI=1S/C10H14ClN3OS/c1-14(7-3-4-15-6-7)9-5-8(11)12-10(13-9)16-2/h5,7H,3-4,6H2,1-2H3. The van der Waals surface area contributed by atoms with E-state index in [1.54, 1.807) is 6.07 Å². The average Bonchev–Trinajstić information content (AvgIpc) is 2.80. The summed E-state index contributed by atoms with van der Waals surface area (Å²) in [4.78, 5) is 10.7. The van der Waals surface area contributed by atoms with Crippen molar-refractivity contribution in [2.75, 3.05) is 31.4 Å². The minimum Gasteiger partial charge on any atom is -0.379 e. The van der Waals surface area contributed by atoms with Crippen LogP contribution in [0.2, 0.25) is 5.15 Å². The summed E-state index contributed by atoms with van der Waals surface area (Å²) in [6, 6.07) is 2.18. The second kappa shape index (κ2) is 5.21. The van der Waals surface area contributed by atoms with E-state index in [1.807, 2.05) is 13.3 Å². The highest BCUT2D eigenvalue weighted by Gasteiger charge is 2.22. The van der Waals surface area contributed by atoms with Gasteiger partial charge in [-0.15, -0.1) is 0 Å². The van der Waals surface area contributed by atoms with E-state index < -0.39 is 0 Å².